The SMILES string of the molecule is CCCCSc1ccc(C(C)C(N)CF)cc1. The topological polar surface area (TPSA) is 26.0 Å². The molecule has 2 N–H and O–H groups in total. The third-order valence-electron chi connectivity index (χ3n) is 2.99. The fourth-order valence-electron chi connectivity index (χ4n) is 1.58. The number of nitrogens with two attached hydrogens (primary N) is 1. The quantitative estimate of drug-likeness (QED) is 0.589. The first-order valence-corrected chi connectivity index (χ1v) is 7.22. The van der Waals surface area contributed by atoms with Crippen LogP contribution >= 0.6 is 11.8 Å². The third-order valence-corrected chi connectivity index (χ3v) is 4.09. The van der Waals surface area contributed by atoms with Crippen LogP contribution in [0.15, 0.2) is 29.2 Å². The van der Waals surface area contributed by atoms with E-state index in [1.54, 1.807) is 0 Å². The molecule has 0 bridgehead atoms. The van der Waals surface area contributed by atoms with Crippen LogP contribution < -0.4 is 5.73 Å². The zero-order valence-corrected chi connectivity index (χ0v) is 11.5. The molecule has 0 radical (unpaired) electrons. The van der Waals surface area contributed by atoms with Crippen molar-refractivity contribution in [1.29, 1.82) is 0 Å². The average molecular weight is 255 g/mol. The minimum absolute atomic E-state index is 0.0784. The van der Waals surface area contributed by atoms with Gasteiger partial charge in [-0.15, -0.1) is 11.8 Å². The lowest BCUT2D eigenvalue weighted by Crippen LogP contribution is -2.28. The van der Waals surface area contributed by atoms with Gasteiger partial charge in [0.1, 0.15) is 6.67 Å². The molecular weight excluding hydrogens is 233 g/mol. The first kappa shape index (κ1) is 14.5. The van der Waals surface area contributed by atoms with Crippen LogP contribution in [-0.4, -0.2) is 18.5 Å². The van der Waals surface area contributed by atoms with Crippen LogP contribution in [0.2, 0.25) is 0 Å². The van der Waals surface area contributed by atoms with Crippen molar-refractivity contribution in [3.8, 4) is 0 Å². The molecule has 96 valence electrons. The molecule has 0 spiro atoms. The molecule has 0 aliphatic carbocycles. The van der Waals surface area contributed by atoms with E-state index in [-0.39, 0.29) is 5.92 Å². The lowest BCUT2D eigenvalue weighted by Gasteiger charge is -2.17. The first-order chi connectivity index (χ1) is 8.19. The Bertz CT molecular complexity index is 313. The van der Waals surface area contributed by atoms with Crippen molar-refractivity contribution >= 4 is 11.8 Å². The van der Waals surface area contributed by atoms with Crippen molar-refractivity contribution in [2.75, 3.05) is 12.4 Å². The molecular formula is C14H22FNS. The lowest BCUT2D eigenvalue weighted by molar-refractivity contribution is 0.396. The van der Waals surface area contributed by atoms with Gasteiger partial charge in [-0.25, -0.2) is 4.39 Å². The third kappa shape index (κ3) is 4.68. The molecule has 0 aliphatic heterocycles. The van der Waals surface area contributed by atoms with Crippen LogP contribution in [0, 0.1) is 0 Å². The van der Waals surface area contributed by atoms with Gasteiger partial charge in [0.05, 0.1) is 0 Å². The van der Waals surface area contributed by atoms with E-state index in [4.69, 9.17) is 5.73 Å². The molecule has 0 saturated carbocycles. The maximum atomic E-state index is 12.5. The second-order valence-electron chi connectivity index (χ2n) is 4.38. The smallest absolute Gasteiger partial charge is 0.105 e. The molecule has 2 atom stereocenters. The lowest BCUT2D eigenvalue weighted by atomic mass is 9.95. The van der Waals surface area contributed by atoms with Crippen molar-refractivity contribution in [2.24, 2.45) is 5.73 Å². The van der Waals surface area contributed by atoms with Crippen LogP contribution in [0.1, 0.15) is 38.2 Å². The standard InChI is InChI=1S/C14H22FNS/c1-3-4-9-17-13-7-5-12(6-8-13)11(2)14(16)10-15/h5-8,11,14H,3-4,9-10,16H2,1-2H3. The molecule has 1 nitrogen and oxygen atoms in total. The summed E-state index contributed by atoms with van der Waals surface area (Å²) in [4.78, 5) is 1.28. The van der Waals surface area contributed by atoms with Crippen LogP contribution in [0.4, 0.5) is 4.39 Å². The van der Waals surface area contributed by atoms with E-state index in [1.807, 2.05) is 18.7 Å². The summed E-state index contributed by atoms with van der Waals surface area (Å²) >= 11 is 1.87. The highest BCUT2D eigenvalue weighted by Gasteiger charge is 2.14. The minimum Gasteiger partial charge on any atom is -0.325 e. The van der Waals surface area contributed by atoms with E-state index in [2.05, 4.69) is 31.2 Å². The second kappa shape index (κ2) is 7.72. The monoisotopic (exact) mass is 255 g/mol. The highest BCUT2D eigenvalue weighted by molar-refractivity contribution is 7.99. The Morgan fingerprint density at radius 1 is 1.29 bits per heavy atom. The highest BCUT2D eigenvalue weighted by atomic mass is 32.2. The molecule has 1 aromatic carbocycles. The van der Waals surface area contributed by atoms with Crippen LogP contribution in [0.25, 0.3) is 0 Å². The predicted octanol–water partition coefficient (Wildman–Crippen LogP) is 3.98. The van der Waals surface area contributed by atoms with Crippen LogP contribution in [-0.2, 0) is 0 Å². The summed E-state index contributed by atoms with van der Waals surface area (Å²) in [6.45, 7) is 3.71. The van der Waals surface area contributed by atoms with Gasteiger partial charge >= 0.3 is 0 Å². The summed E-state index contributed by atoms with van der Waals surface area (Å²) in [6.07, 6.45) is 2.48. The summed E-state index contributed by atoms with van der Waals surface area (Å²) in [7, 11) is 0. The second-order valence-corrected chi connectivity index (χ2v) is 5.55. The number of hydrogen-bond donors (Lipinski definition) is 1. The molecule has 17 heavy (non-hydrogen) atoms. The number of hydrogen-bond acceptors (Lipinski definition) is 2. The zero-order chi connectivity index (χ0) is 12.7. The van der Waals surface area contributed by atoms with Gasteiger partial charge < -0.3 is 5.73 Å². The number of unbranched alkanes of at least 4 members (excludes halogenated alkanes) is 1. The predicted molar refractivity (Wildman–Crippen MR) is 74.4 cm³/mol. The Kier molecular flexibility index (Phi) is 6.60. The zero-order valence-electron chi connectivity index (χ0n) is 10.7. The van der Waals surface area contributed by atoms with E-state index in [9.17, 15) is 4.39 Å². The Hall–Kier alpha value is -0.540. The maximum absolute atomic E-state index is 12.5. The Labute approximate surface area is 108 Å². The van der Waals surface area contributed by atoms with Crippen molar-refractivity contribution in [1.82, 2.24) is 0 Å². The van der Waals surface area contributed by atoms with Gasteiger partial charge in [-0.2, -0.15) is 0 Å². The summed E-state index contributed by atoms with van der Waals surface area (Å²) in [6, 6.07) is 7.95. The number of benzene rings is 1. The largest absolute Gasteiger partial charge is 0.325 e. The summed E-state index contributed by atoms with van der Waals surface area (Å²) in [5, 5.41) is 0. The van der Waals surface area contributed by atoms with Crippen molar-refractivity contribution in [3.05, 3.63) is 29.8 Å². The fraction of sp³-hybridized carbons (Fsp3) is 0.571. The van der Waals surface area contributed by atoms with Gasteiger partial charge in [0, 0.05) is 10.9 Å². The maximum Gasteiger partial charge on any atom is 0.105 e. The molecule has 1 aromatic rings. The molecule has 3 heteroatoms. The summed E-state index contributed by atoms with van der Waals surface area (Å²) in [5.74, 6) is 1.24. The normalized spacial score (nSPS) is 14.6. The van der Waals surface area contributed by atoms with Gasteiger partial charge in [0.15, 0.2) is 0 Å². The Balaban J connectivity index is 2.55. The Morgan fingerprint density at radius 3 is 2.47 bits per heavy atom. The van der Waals surface area contributed by atoms with E-state index < -0.39 is 12.7 Å². The van der Waals surface area contributed by atoms with Gasteiger partial charge in [-0.1, -0.05) is 32.4 Å². The van der Waals surface area contributed by atoms with E-state index >= 15 is 0 Å². The number of halogens is 1. The number of rotatable bonds is 7. The Morgan fingerprint density at radius 2 is 1.94 bits per heavy atom. The molecule has 0 heterocycles. The number of thioether (sulfide) groups is 1. The molecule has 0 fully saturated rings. The van der Waals surface area contributed by atoms with Crippen LogP contribution in [0.5, 0.6) is 0 Å². The highest BCUT2D eigenvalue weighted by Crippen LogP contribution is 2.24. The van der Waals surface area contributed by atoms with Gasteiger partial charge in [0.25, 0.3) is 0 Å². The average Bonchev–Trinajstić information content (AvgIpc) is 2.38. The van der Waals surface area contributed by atoms with Gasteiger partial charge in [0.2, 0.25) is 0 Å². The molecule has 1 rings (SSSR count). The molecule has 0 saturated heterocycles. The van der Waals surface area contributed by atoms with E-state index in [0.29, 0.717) is 0 Å². The minimum atomic E-state index is -0.464. The molecule has 0 aromatic heterocycles. The van der Waals surface area contributed by atoms with E-state index in [0.717, 1.165) is 11.3 Å². The molecule has 2 unspecified atom stereocenters. The van der Waals surface area contributed by atoms with Gasteiger partial charge in [-0.3, -0.25) is 0 Å². The first-order valence-electron chi connectivity index (χ1n) is 6.23. The van der Waals surface area contributed by atoms with E-state index in [1.165, 1.54) is 17.7 Å². The summed E-state index contributed by atoms with van der Waals surface area (Å²) in [5.41, 5.74) is 6.82. The van der Waals surface area contributed by atoms with Gasteiger partial charge in [-0.05, 0) is 35.8 Å². The van der Waals surface area contributed by atoms with Crippen molar-refractivity contribution < 1.29 is 4.39 Å². The van der Waals surface area contributed by atoms with Crippen molar-refractivity contribution in [2.45, 2.75) is 43.5 Å². The number of alkyl halides is 1. The van der Waals surface area contributed by atoms with Crippen molar-refractivity contribution in [3.63, 3.8) is 0 Å². The van der Waals surface area contributed by atoms with Crippen LogP contribution in [0.3, 0.4) is 0 Å². The molecule has 0 aliphatic rings. The molecule has 0 amide bonds. The summed E-state index contributed by atoms with van der Waals surface area (Å²) < 4.78 is 12.5. The fourth-order valence-corrected chi connectivity index (χ4v) is 2.58.